The van der Waals surface area contributed by atoms with E-state index in [4.69, 9.17) is 9.82 Å². The van der Waals surface area contributed by atoms with E-state index < -0.39 is 6.09 Å². The third kappa shape index (κ3) is 5.35. The lowest BCUT2D eigenvalue weighted by molar-refractivity contribution is -0.126. The van der Waals surface area contributed by atoms with Gasteiger partial charge in [0.1, 0.15) is 5.75 Å². The second-order valence-corrected chi connectivity index (χ2v) is 9.15. The van der Waals surface area contributed by atoms with Crippen molar-refractivity contribution in [2.75, 3.05) is 40.3 Å². The number of carbonyl (C=O) groups excluding carboxylic acids is 2. The van der Waals surface area contributed by atoms with Crippen LogP contribution in [0.3, 0.4) is 0 Å². The number of benzene rings is 2. The summed E-state index contributed by atoms with van der Waals surface area (Å²) in [4.78, 5) is 39.0. The van der Waals surface area contributed by atoms with Crippen LogP contribution >= 0.6 is 0 Å². The van der Waals surface area contributed by atoms with Gasteiger partial charge in [0.15, 0.2) is 5.65 Å². The molecule has 1 aliphatic rings. The highest BCUT2D eigenvalue weighted by molar-refractivity contribution is 6.09. The minimum atomic E-state index is -0.451. The van der Waals surface area contributed by atoms with Crippen molar-refractivity contribution < 1.29 is 19.5 Å². The summed E-state index contributed by atoms with van der Waals surface area (Å²) in [6.07, 6.45) is 3.36. The highest BCUT2D eigenvalue weighted by Crippen LogP contribution is 2.29. The van der Waals surface area contributed by atoms with Crippen molar-refractivity contribution >= 4 is 35.2 Å². The number of aromatic nitrogens is 3. The average Bonchev–Trinajstić information content (AvgIpc) is 3.35. The molecule has 2 aromatic heterocycles. The Morgan fingerprint density at radius 2 is 1.71 bits per heavy atom. The predicted octanol–water partition coefficient (Wildman–Crippen LogP) is 3.87. The van der Waals surface area contributed by atoms with Gasteiger partial charge in [-0.1, -0.05) is 36.4 Å². The van der Waals surface area contributed by atoms with Crippen molar-refractivity contribution in [3.05, 3.63) is 77.5 Å². The van der Waals surface area contributed by atoms with E-state index in [1.807, 2.05) is 42.5 Å². The molecule has 10 heteroatoms. The number of hydrogen-bond acceptors (Lipinski definition) is 7. The number of carbonyl (C=O) groups is 2. The molecule has 1 aliphatic heterocycles. The quantitative estimate of drug-likeness (QED) is 0.417. The van der Waals surface area contributed by atoms with Gasteiger partial charge in [0.25, 0.3) is 5.91 Å². The number of nitrogens with zero attached hydrogens (tertiary/aromatic N) is 5. The number of phenols is 1. The summed E-state index contributed by atoms with van der Waals surface area (Å²) in [5.41, 5.74) is 3.92. The van der Waals surface area contributed by atoms with Crippen LogP contribution < -0.4 is 0 Å². The molecule has 2 amide bonds. The maximum atomic E-state index is 13.9. The first-order valence-corrected chi connectivity index (χ1v) is 12.2. The third-order valence-corrected chi connectivity index (χ3v) is 6.28. The number of aromatic hydroxyl groups is 1. The number of H-pyrrole nitrogens is 1. The molecule has 0 bridgehead atoms. The number of nitrogens with one attached hydrogen (secondary N) is 1. The van der Waals surface area contributed by atoms with Gasteiger partial charge >= 0.3 is 6.09 Å². The van der Waals surface area contributed by atoms with Crippen molar-refractivity contribution in [1.82, 2.24) is 30.0 Å². The number of phenolic OH excluding ortho intramolecular Hbond substituents is 1. The minimum absolute atomic E-state index is 0.147. The van der Waals surface area contributed by atoms with Crippen molar-refractivity contribution in [3.63, 3.8) is 0 Å². The predicted molar refractivity (Wildman–Crippen MR) is 144 cm³/mol. The highest BCUT2D eigenvalue weighted by Gasteiger charge is 2.27. The van der Waals surface area contributed by atoms with E-state index in [9.17, 15) is 14.7 Å². The second-order valence-electron chi connectivity index (χ2n) is 9.15. The molecule has 1 saturated heterocycles. The van der Waals surface area contributed by atoms with Crippen LogP contribution in [0.1, 0.15) is 21.6 Å². The highest BCUT2D eigenvalue weighted by atomic mass is 16.7. The molecule has 38 heavy (non-hydrogen) atoms. The Morgan fingerprint density at radius 3 is 2.39 bits per heavy atom. The molecule has 0 saturated carbocycles. The number of aromatic amines is 1. The van der Waals surface area contributed by atoms with Gasteiger partial charge in [0.05, 0.1) is 35.4 Å². The van der Waals surface area contributed by atoms with Crippen LogP contribution in [0, 0.1) is 0 Å². The first-order chi connectivity index (χ1) is 18.4. The van der Waals surface area contributed by atoms with E-state index in [-0.39, 0.29) is 11.7 Å². The lowest BCUT2D eigenvalue weighted by Gasteiger charge is -2.33. The van der Waals surface area contributed by atoms with Gasteiger partial charge in [-0.3, -0.25) is 9.89 Å². The number of hydrogen-bond donors (Lipinski definition) is 2. The van der Waals surface area contributed by atoms with Crippen LogP contribution in [0.2, 0.25) is 0 Å². The summed E-state index contributed by atoms with van der Waals surface area (Å²) in [6, 6.07) is 18.3. The average molecular weight is 513 g/mol. The number of pyridine rings is 1. The zero-order chi connectivity index (χ0) is 26.6. The van der Waals surface area contributed by atoms with Crippen LogP contribution in [0.15, 0.2) is 60.7 Å². The fraction of sp³-hybridized carbons (Fsp3) is 0.214. The van der Waals surface area contributed by atoms with E-state index in [2.05, 4.69) is 10.2 Å². The summed E-state index contributed by atoms with van der Waals surface area (Å²) in [5, 5.41) is 19.3. The van der Waals surface area contributed by atoms with E-state index in [1.54, 1.807) is 54.4 Å². The molecule has 0 unspecified atom stereocenters. The lowest BCUT2D eigenvalue weighted by Crippen LogP contribution is -2.49. The summed E-state index contributed by atoms with van der Waals surface area (Å²) < 4.78 is 0. The summed E-state index contributed by atoms with van der Waals surface area (Å²) in [5.74, 6) is -0.0133. The van der Waals surface area contributed by atoms with Crippen molar-refractivity contribution in [1.29, 1.82) is 0 Å². The maximum Gasteiger partial charge on any atom is 0.428 e. The van der Waals surface area contributed by atoms with E-state index in [0.717, 1.165) is 11.1 Å². The van der Waals surface area contributed by atoms with Gasteiger partial charge in [-0.15, -0.1) is 5.06 Å². The Kier molecular flexibility index (Phi) is 7.05. The summed E-state index contributed by atoms with van der Waals surface area (Å²) >= 11 is 0. The molecule has 0 spiro atoms. The van der Waals surface area contributed by atoms with Gasteiger partial charge in [0.2, 0.25) is 0 Å². The molecule has 10 nitrogen and oxygen atoms in total. The molecule has 0 atom stereocenters. The molecule has 5 rings (SSSR count). The second kappa shape index (κ2) is 10.7. The molecule has 4 aromatic rings. The van der Waals surface area contributed by atoms with Gasteiger partial charge < -0.3 is 19.7 Å². The molecule has 3 heterocycles. The molecule has 2 aromatic carbocycles. The Morgan fingerprint density at radius 1 is 1.00 bits per heavy atom. The molecule has 1 fully saturated rings. The van der Waals surface area contributed by atoms with Crippen LogP contribution in [-0.4, -0.2) is 87.4 Å². The summed E-state index contributed by atoms with van der Waals surface area (Å²) in [6.45, 7) is 1.59. The number of fused-ring (bicyclic) bond motifs is 1. The first-order valence-electron chi connectivity index (χ1n) is 12.2. The number of rotatable bonds is 5. The third-order valence-electron chi connectivity index (χ3n) is 6.28. The van der Waals surface area contributed by atoms with Crippen LogP contribution in [0.4, 0.5) is 4.79 Å². The fourth-order valence-electron chi connectivity index (χ4n) is 4.21. The normalized spacial score (nSPS) is 14.2. The van der Waals surface area contributed by atoms with Crippen molar-refractivity contribution in [3.8, 4) is 17.0 Å². The minimum Gasteiger partial charge on any atom is -0.508 e. The van der Waals surface area contributed by atoms with Crippen LogP contribution in [0.25, 0.3) is 34.4 Å². The van der Waals surface area contributed by atoms with E-state index >= 15 is 0 Å². The maximum absolute atomic E-state index is 13.9. The zero-order valence-corrected chi connectivity index (χ0v) is 21.2. The van der Waals surface area contributed by atoms with Crippen LogP contribution in [0.5, 0.6) is 5.75 Å². The topological polar surface area (TPSA) is 115 Å². The van der Waals surface area contributed by atoms with Gasteiger partial charge in [-0.25, -0.2) is 9.78 Å². The monoisotopic (exact) mass is 512 g/mol. The Labute approximate surface area is 219 Å². The lowest BCUT2D eigenvalue weighted by atomic mass is 10.0. The molecular weight excluding hydrogens is 484 g/mol. The Bertz CT molecular complexity index is 1470. The molecular formula is C28H28N6O4. The van der Waals surface area contributed by atoms with Gasteiger partial charge in [0, 0.05) is 32.7 Å². The number of hydroxylamine groups is 2. The SMILES string of the molecule is CN(C)C(=O)ON1CCN(C(=O)c2cc(-c3ccc(O)cc3)nc3[nH]nc(/C=C/c4ccccc4)c23)CC1. The Hall–Kier alpha value is -4.70. The molecule has 0 aliphatic carbocycles. The number of amides is 2. The van der Waals surface area contributed by atoms with Crippen molar-refractivity contribution in [2.24, 2.45) is 0 Å². The molecule has 194 valence electrons. The van der Waals surface area contributed by atoms with Crippen LogP contribution in [-0.2, 0) is 4.84 Å². The van der Waals surface area contributed by atoms with Gasteiger partial charge in [-0.05, 0) is 42.0 Å². The van der Waals surface area contributed by atoms with E-state index in [1.165, 1.54) is 4.90 Å². The molecule has 2 N–H and O–H groups in total. The first kappa shape index (κ1) is 25.0. The molecule has 0 radical (unpaired) electrons. The van der Waals surface area contributed by atoms with Gasteiger partial charge in [-0.2, -0.15) is 5.10 Å². The number of piperazine rings is 1. The van der Waals surface area contributed by atoms with Crippen molar-refractivity contribution in [2.45, 2.75) is 0 Å². The largest absolute Gasteiger partial charge is 0.508 e. The summed E-state index contributed by atoms with van der Waals surface area (Å²) in [7, 11) is 3.24. The Balaban J connectivity index is 1.48. The van der Waals surface area contributed by atoms with E-state index in [0.29, 0.717) is 54.2 Å². The standard InChI is InChI=1S/C28H28N6O4/c1-32(2)28(37)38-34-16-14-33(15-17-34)27(36)22-18-24(20-9-11-21(35)12-10-20)29-26-25(22)23(30-31-26)13-8-19-6-4-3-5-7-19/h3-13,18,35H,14-17H2,1-2H3,(H,29,30,31)/b13-8+. The fourth-order valence-corrected chi connectivity index (χ4v) is 4.21. The zero-order valence-electron chi connectivity index (χ0n) is 21.2. The smallest absolute Gasteiger partial charge is 0.428 e.